The van der Waals surface area contributed by atoms with Crippen molar-refractivity contribution in [2.45, 2.75) is 34.4 Å². The monoisotopic (exact) mass is 275 g/mol. The molecule has 0 unspecified atom stereocenters. The summed E-state index contributed by atoms with van der Waals surface area (Å²) in [7, 11) is 0. The van der Waals surface area contributed by atoms with Crippen molar-refractivity contribution < 1.29 is 4.79 Å². The number of hydrogen-bond acceptors (Lipinski definition) is 3. The zero-order valence-electron chi connectivity index (χ0n) is 12.4. The van der Waals surface area contributed by atoms with Crippen LogP contribution in [0.15, 0.2) is 18.3 Å². The number of amides is 1. The van der Waals surface area contributed by atoms with Gasteiger partial charge < -0.3 is 5.32 Å². The number of aryl methyl sites for hydroxylation is 2. The Morgan fingerprint density at radius 1 is 1.35 bits per heavy atom. The lowest BCUT2D eigenvalue weighted by atomic mass is 10.2. The largest absolute Gasteiger partial charge is 0.350 e. The molecule has 0 aliphatic rings. The first kappa shape index (κ1) is 14.3. The number of carbonyl (C=O) groups is 1. The minimum atomic E-state index is -0.134. The lowest BCUT2D eigenvalue weighted by molar-refractivity contribution is 0.0943. The molecule has 2 aromatic rings. The second-order valence-corrected chi connectivity index (χ2v) is 5.41. The van der Waals surface area contributed by atoms with Gasteiger partial charge in [-0.2, -0.15) is 10.2 Å². The molecule has 0 aliphatic carbocycles. The molecule has 0 saturated carbocycles. The molecule has 0 saturated heterocycles. The van der Waals surface area contributed by atoms with Crippen molar-refractivity contribution in [2.75, 3.05) is 6.54 Å². The zero-order chi connectivity index (χ0) is 14.7. The van der Waals surface area contributed by atoms with E-state index in [4.69, 9.17) is 0 Å². The summed E-state index contributed by atoms with van der Waals surface area (Å²) in [6, 6.07) is 3.74. The Morgan fingerprint density at radius 2 is 2.10 bits per heavy atom. The van der Waals surface area contributed by atoms with Crippen molar-refractivity contribution in [3.63, 3.8) is 0 Å². The average Bonchev–Trinajstić information content (AvgIpc) is 2.94. The summed E-state index contributed by atoms with van der Waals surface area (Å²) in [6.45, 7) is 9.24. The number of hydrogen-bond donors (Lipinski definition) is 1. The Kier molecular flexibility index (Phi) is 4.22. The van der Waals surface area contributed by atoms with Gasteiger partial charge in [-0.3, -0.25) is 9.48 Å². The zero-order valence-corrected chi connectivity index (χ0v) is 12.4. The highest BCUT2D eigenvalue weighted by molar-refractivity contribution is 5.92. The van der Waals surface area contributed by atoms with Crippen LogP contribution in [-0.4, -0.2) is 32.0 Å². The van der Waals surface area contributed by atoms with Crippen LogP contribution in [0.4, 0.5) is 0 Å². The molecule has 0 bridgehead atoms. The molecule has 20 heavy (non-hydrogen) atoms. The maximum Gasteiger partial charge on any atom is 0.271 e. The standard InChI is InChI=1S/C14H21N5O/c1-10(2)8-15-14(20)13-5-6-18(17-13)9-19-12(4)7-11(3)16-19/h5-7,10H,8-9H2,1-4H3,(H,15,20). The fourth-order valence-corrected chi connectivity index (χ4v) is 1.90. The van der Waals surface area contributed by atoms with Gasteiger partial charge in [0.15, 0.2) is 0 Å². The van der Waals surface area contributed by atoms with Crippen LogP contribution in [0.3, 0.4) is 0 Å². The SMILES string of the molecule is Cc1cc(C)n(Cn2ccc(C(=O)NCC(C)C)n2)n1. The van der Waals surface area contributed by atoms with Crippen molar-refractivity contribution in [3.05, 3.63) is 35.4 Å². The summed E-state index contributed by atoms with van der Waals surface area (Å²) in [5.74, 6) is 0.293. The Bertz CT molecular complexity index is 596. The summed E-state index contributed by atoms with van der Waals surface area (Å²) in [5, 5.41) is 11.5. The van der Waals surface area contributed by atoms with E-state index >= 15 is 0 Å². The molecule has 2 rings (SSSR count). The third kappa shape index (κ3) is 3.46. The van der Waals surface area contributed by atoms with Crippen LogP contribution in [0, 0.1) is 19.8 Å². The third-order valence-corrected chi connectivity index (χ3v) is 2.93. The van der Waals surface area contributed by atoms with Crippen LogP contribution in [0.5, 0.6) is 0 Å². The molecule has 0 atom stereocenters. The quantitative estimate of drug-likeness (QED) is 0.901. The Labute approximate surface area is 118 Å². The highest BCUT2D eigenvalue weighted by atomic mass is 16.1. The molecule has 1 N–H and O–H groups in total. The molecule has 1 amide bonds. The fourth-order valence-electron chi connectivity index (χ4n) is 1.90. The van der Waals surface area contributed by atoms with Crippen LogP contribution in [0.25, 0.3) is 0 Å². The smallest absolute Gasteiger partial charge is 0.271 e. The van der Waals surface area contributed by atoms with Gasteiger partial charge in [0.05, 0.1) is 5.69 Å². The van der Waals surface area contributed by atoms with Crippen molar-refractivity contribution in [1.82, 2.24) is 24.9 Å². The summed E-state index contributed by atoms with van der Waals surface area (Å²) in [4.78, 5) is 11.9. The molecule has 6 heteroatoms. The number of rotatable bonds is 5. The average molecular weight is 275 g/mol. The summed E-state index contributed by atoms with van der Waals surface area (Å²) < 4.78 is 3.57. The number of carbonyl (C=O) groups excluding carboxylic acids is 1. The van der Waals surface area contributed by atoms with Gasteiger partial charge in [0.25, 0.3) is 5.91 Å². The first-order chi connectivity index (χ1) is 9.45. The van der Waals surface area contributed by atoms with Crippen LogP contribution in [0.2, 0.25) is 0 Å². The van der Waals surface area contributed by atoms with Gasteiger partial charge in [-0.25, -0.2) is 4.68 Å². The normalized spacial score (nSPS) is 11.1. The maximum atomic E-state index is 11.9. The Morgan fingerprint density at radius 3 is 2.70 bits per heavy atom. The van der Waals surface area contributed by atoms with E-state index in [0.717, 1.165) is 11.4 Å². The van der Waals surface area contributed by atoms with E-state index in [1.165, 1.54) is 0 Å². The van der Waals surface area contributed by atoms with Crippen LogP contribution < -0.4 is 5.32 Å². The summed E-state index contributed by atoms with van der Waals surface area (Å²) >= 11 is 0. The third-order valence-electron chi connectivity index (χ3n) is 2.93. The molecular weight excluding hydrogens is 254 g/mol. The topological polar surface area (TPSA) is 64.7 Å². The highest BCUT2D eigenvalue weighted by Crippen LogP contribution is 2.03. The molecule has 2 heterocycles. The van der Waals surface area contributed by atoms with E-state index in [-0.39, 0.29) is 5.91 Å². The molecule has 0 radical (unpaired) electrons. The first-order valence-electron chi connectivity index (χ1n) is 6.78. The second-order valence-electron chi connectivity index (χ2n) is 5.41. The first-order valence-corrected chi connectivity index (χ1v) is 6.78. The molecule has 0 aliphatic heterocycles. The molecule has 2 aromatic heterocycles. The van der Waals surface area contributed by atoms with Gasteiger partial charge in [0, 0.05) is 18.4 Å². The Balaban J connectivity index is 2.02. The van der Waals surface area contributed by atoms with E-state index < -0.39 is 0 Å². The van der Waals surface area contributed by atoms with Crippen molar-refractivity contribution >= 4 is 5.91 Å². The summed E-state index contributed by atoms with van der Waals surface area (Å²) in [5.41, 5.74) is 2.49. The van der Waals surface area contributed by atoms with E-state index in [1.807, 2.05) is 24.6 Å². The summed E-state index contributed by atoms with van der Waals surface area (Å²) in [6.07, 6.45) is 1.79. The van der Waals surface area contributed by atoms with Gasteiger partial charge in [-0.05, 0) is 31.9 Å². The lowest BCUT2D eigenvalue weighted by Gasteiger charge is -2.06. The molecule has 108 valence electrons. The molecular formula is C14H21N5O. The fraction of sp³-hybridized carbons (Fsp3) is 0.500. The number of aromatic nitrogens is 4. The minimum Gasteiger partial charge on any atom is -0.350 e. The molecule has 0 spiro atoms. The second kappa shape index (κ2) is 5.90. The van der Waals surface area contributed by atoms with Gasteiger partial charge in [-0.15, -0.1) is 0 Å². The van der Waals surface area contributed by atoms with Crippen LogP contribution in [-0.2, 0) is 6.67 Å². The molecule has 6 nitrogen and oxygen atoms in total. The van der Waals surface area contributed by atoms with Crippen LogP contribution >= 0.6 is 0 Å². The van der Waals surface area contributed by atoms with E-state index in [9.17, 15) is 4.79 Å². The van der Waals surface area contributed by atoms with Gasteiger partial charge >= 0.3 is 0 Å². The predicted octanol–water partition coefficient (Wildman–Crippen LogP) is 1.59. The number of nitrogens with zero attached hydrogens (tertiary/aromatic N) is 4. The predicted molar refractivity (Wildman–Crippen MR) is 76.5 cm³/mol. The number of nitrogens with one attached hydrogen (secondary N) is 1. The Hall–Kier alpha value is -2.11. The maximum absolute atomic E-state index is 11.9. The van der Waals surface area contributed by atoms with Crippen molar-refractivity contribution in [2.24, 2.45) is 5.92 Å². The lowest BCUT2D eigenvalue weighted by Crippen LogP contribution is -2.27. The van der Waals surface area contributed by atoms with Gasteiger partial charge in [-0.1, -0.05) is 13.8 Å². The van der Waals surface area contributed by atoms with E-state index in [1.54, 1.807) is 16.9 Å². The van der Waals surface area contributed by atoms with Crippen LogP contribution in [0.1, 0.15) is 35.7 Å². The van der Waals surface area contributed by atoms with E-state index in [2.05, 4.69) is 29.4 Å². The highest BCUT2D eigenvalue weighted by Gasteiger charge is 2.10. The van der Waals surface area contributed by atoms with Gasteiger partial charge in [0.1, 0.15) is 12.4 Å². The minimum absolute atomic E-state index is 0.134. The van der Waals surface area contributed by atoms with Crippen molar-refractivity contribution in [3.8, 4) is 0 Å². The van der Waals surface area contributed by atoms with Crippen molar-refractivity contribution in [1.29, 1.82) is 0 Å². The molecule has 0 fully saturated rings. The molecule has 0 aromatic carbocycles. The van der Waals surface area contributed by atoms with E-state index in [0.29, 0.717) is 24.8 Å². The van der Waals surface area contributed by atoms with Gasteiger partial charge in [0.2, 0.25) is 0 Å².